The topological polar surface area (TPSA) is 99.5 Å². The molecule has 6 heteroatoms. The number of nitrogens with zero attached hydrogens (tertiary/aromatic N) is 1. The van der Waals surface area contributed by atoms with E-state index in [0.717, 1.165) is 22.0 Å². The van der Waals surface area contributed by atoms with Crippen LogP contribution in [0, 0.1) is 17.3 Å². The molecule has 35 heavy (non-hydrogen) atoms. The Hall–Kier alpha value is -2.83. The van der Waals surface area contributed by atoms with E-state index in [2.05, 4.69) is 16.4 Å². The Labute approximate surface area is 208 Å². The molecule has 188 valence electrons. The predicted octanol–water partition coefficient (Wildman–Crippen LogP) is 4.67. The molecule has 0 saturated carbocycles. The Bertz CT molecular complexity index is 1120. The van der Waals surface area contributed by atoms with Gasteiger partial charge in [-0.25, -0.2) is 0 Å². The molecule has 0 unspecified atom stereocenters. The van der Waals surface area contributed by atoms with Gasteiger partial charge in [-0.15, -0.1) is 0 Å². The van der Waals surface area contributed by atoms with Crippen LogP contribution in [0.3, 0.4) is 0 Å². The second kappa shape index (κ2) is 11.3. The molecule has 0 bridgehead atoms. The summed E-state index contributed by atoms with van der Waals surface area (Å²) in [6.07, 6.45) is 6.81. The molecule has 1 aromatic carbocycles. The first kappa shape index (κ1) is 26.8. The van der Waals surface area contributed by atoms with Gasteiger partial charge in [-0.2, -0.15) is 0 Å². The Morgan fingerprint density at radius 1 is 1.09 bits per heavy atom. The van der Waals surface area contributed by atoms with Gasteiger partial charge in [0, 0.05) is 17.5 Å². The van der Waals surface area contributed by atoms with Gasteiger partial charge < -0.3 is 15.5 Å². The standard InChI is InChI=1S/C29H38N2O4/c1-18-8-6-9-19(2)27(34)20(3)28(35)29(4,5)25(32)17-26(33)31-23(14-11-18)22-13-12-21-10-7-15-30-24(21)16-22/h6-8,10-13,15-16,19-20,23,25,27,32,34H,9,14,17H2,1-5H3,(H,31,33)/t19-,20+,23-,25-,27-/m0/s1. The van der Waals surface area contributed by atoms with Crippen molar-refractivity contribution >= 4 is 22.6 Å². The van der Waals surface area contributed by atoms with Crippen molar-refractivity contribution in [1.82, 2.24) is 10.3 Å². The number of nitrogens with one attached hydrogen (secondary N) is 1. The number of Topliss-reactive ketones (excluding diaryl/α,β-unsaturated/α-hetero) is 1. The number of pyridine rings is 1. The summed E-state index contributed by atoms with van der Waals surface area (Å²) in [7, 11) is 0. The maximum atomic E-state index is 13.2. The van der Waals surface area contributed by atoms with E-state index in [1.165, 1.54) is 0 Å². The number of fused-ring (bicyclic) bond motifs is 1. The molecule has 0 radical (unpaired) electrons. The zero-order valence-electron chi connectivity index (χ0n) is 21.4. The van der Waals surface area contributed by atoms with Crippen LogP contribution in [-0.2, 0) is 9.59 Å². The lowest BCUT2D eigenvalue weighted by molar-refractivity contribution is -0.143. The molecule has 0 aliphatic carbocycles. The highest BCUT2D eigenvalue weighted by Gasteiger charge is 2.42. The number of ketones is 1. The van der Waals surface area contributed by atoms with Gasteiger partial charge in [0.2, 0.25) is 5.91 Å². The molecule has 5 atom stereocenters. The molecule has 1 aromatic heterocycles. The van der Waals surface area contributed by atoms with Crippen LogP contribution in [-0.4, -0.2) is 39.1 Å². The fourth-order valence-corrected chi connectivity index (χ4v) is 4.64. The number of hydrogen-bond acceptors (Lipinski definition) is 5. The SMILES string of the molecule is CC1=CC[C@@H](c2ccc3cccnc3c2)NC(=O)C[C@H](O)C(C)(C)C(=O)[C@H](C)[C@@H](O)[C@@H](C)CC=C1. The summed E-state index contributed by atoms with van der Waals surface area (Å²) in [6, 6.07) is 9.53. The smallest absolute Gasteiger partial charge is 0.223 e. The van der Waals surface area contributed by atoms with Crippen LogP contribution in [0.2, 0.25) is 0 Å². The number of allylic oxidation sites excluding steroid dienone is 3. The molecular weight excluding hydrogens is 440 g/mol. The zero-order valence-corrected chi connectivity index (χ0v) is 21.4. The third-order valence-corrected chi connectivity index (χ3v) is 7.29. The fraction of sp³-hybridized carbons (Fsp3) is 0.483. The number of benzene rings is 1. The van der Waals surface area contributed by atoms with Gasteiger partial charge in [-0.1, -0.05) is 69.7 Å². The molecule has 2 heterocycles. The summed E-state index contributed by atoms with van der Waals surface area (Å²) in [5.41, 5.74) is 1.64. The quantitative estimate of drug-likeness (QED) is 0.553. The average Bonchev–Trinajstić information content (AvgIpc) is 2.84. The monoisotopic (exact) mass is 478 g/mol. The number of rotatable bonds is 1. The van der Waals surface area contributed by atoms with Crippen molar-refractivity contribution < 1.29 is 19.8 Å². The lowest BCUT2D eigenvalue weighted by Crippen LogP contribution is -2.46. The molecule has 0 saturated heterocycles. The van der Waals surface area contributed by atoms with Crippen LogP contribution < -0.4 is 5.32 Å². The maximum Gasteiger partial charge on any atom is 0.223 e. The zero-order chi connectivity index (χ0) is 25.8. The molecule has 2 aromatic rings. The van der Waals surface area contributed by atoms with Crippen molar-refractivity contribution in [1.29, 1.82) is 0 Å². The van der Waals surface area contributed by atoms with Crippen LogP contribution in [0.4, 0.5) is 0 Å². The molecule has 1 amide bonds. The van der Waals surface area contributed by atoms with Crippen molar-refractivity contribution in [3.63, 3.8) is 0 Å². The highest BCUT2D eigenvalue weighted by atomic mass is 16.3. The molecule has 1 aliphatic rings. The van der Waals surface area contributed by atoms with Gasteiger partial charge in [0.1, 0.15) is 5.78 Å². The number of carbonyl (C=O) groups excluding carboxylic acids is 2. The highest BCUT2D eigenvalue weighted by Crippen LogP contribution is 2.32. The van der Waals surface area contributed by atoms with Gasteiger partial charge in [0.05, 0.1) is 35.6 Å². The third kappa shape index (κ3) is 6.44. The normalized spacial score (nSPS) is 29.0. The molecule has 0 fully saturated rings. The van der Waals surface area contributed by atoms with Crippen LogP contribution >= 0.6 is 0 Å². The minimum atomic E-state index is -1.18. The van der Waals surface area contributed by atoms with Crippen LogP contribution in [0.15, 0.2) is 60.3 Å². The summed E-state index contributed by atoms with van der Waals surface area (Å²) in [4.78, 5) is 30.7. The fourth-order valence-electron chi connectivity index (χ4n) is 4.64. The van der Waals surface area contributed by atoms with Gasteiger partial charge >= 0.3 is 0 Å². The van der Waals surface area contributed by atoms with E-state index in [4.69, 9.17) is 0 Å². The third-order valence-electron chi connectivity index (χ3n) is 7.29. The number of aliphatic hydroxyl groups excluding tert-OH is 2. The van der Waals surface area contributed by atoms with Crippen molar-refractivity contribution in [2.45, 2.75) is 72.1 Å². The predicted molar refractivity (Wildman–Crippen MR) is 139 cm³/mol. The van der Waals surface area contributed by atoms with Crippen molar-refractivity contribution in [3.05, 3.63) is 65.9 Å². The highest BCUT2D eigenvalue weighted by molar-refractivity contribution is 5.88. The number of amides is 1. The summed E-state index contributed by atoms with van der Waals surface area (Å²) >= 11 is 0. The Morgan fingerprint density at radius 3 is 2.57 bits per heavy atom. The van der Waals surface area contributed by atoms with Crippen LogP contribution in [0.25, 0.3) is 10.9 Å². The molecule has 3 N–H and O–H groups in total. The minimum Gasteiger partial charge on any atom is -0.392 e. The summed E-state index contributed by atoms with van der Waals surface area (Å²) in [6.45, 7) is 8.90. The Kier molecular flexibility index (Phi) is 8.62. The number of aliphatic hydroxyl groups is 2. The summed E-state index contributed by atoms with van der Waals surface area (Å²) in [5, 5.41) is 25.7. The first-order chi connectivity index (χ1) is 16.5. The molecule has 1 aliphatic heterocycles. The number of hydrogen-bond donors (Lipinski definition) is 3. The largest absolute Gasteiger partial charge is 0.392 e. The summed E-state index contributed by atoms with van der Waals surface area (Å²) in [5.74, 6) is -1.37. The van der Waals surface area contributed by atoms with Crippen LogP contribution in [0.5, 0.6) is 0 Å². The van der Waals surface area contributed by atoms with Crippen molar-refractivity contribution in [2.75, 3.05) is 0 Å². The van der Waals surface area contributed by atoms with E-state index in [-0.39, 0.29) is 30.1 Å². The molecule has 0 spiro atoms. The lowest BCUT2D eigenvalue weighted by Gasteiger charge is -2.34. The molecular formula is C29H38N2O4. The van der Waals surface area contributed by atoms with Crippen molar-refractivity contribution in [3.8, 4) is 0 Å². The van der Waals surface area contributed by atoms with E-state index in [1.54, 1.807) is 27.0 Å². The molecule has 6 nitrogen and oxygen atoms in total. The van der Waals surface area contributed by atoms with Gasteiger partial charge in [-0.05, 0) is 43.4 Å². The molecule has 3 rings (SSSR count). The van der Waals surface area contributed by atoms with Gasteiger partial charge in [0.15, 0.2) is 0 Å². The van der Waals surface area contributed by atoms with E-state index < -0.39 is 23.5 Å². The lowest BCUT2D eigenvalue weighted by atomic mass is 9.73. The average molecular weight is 479 g/mol. The van der Waals surface area contributed by atoms with E-state index >= 15 is 0 Å². The van der Waals surface area contributed by atoms with Crippen LogP contribution in [0.1, 0.15) is 65.5 Å². The van der Waals surface area contributed by atoms with Crippen molar-refractivity contribution in [2.24, 2.45) is 17.3 Å². The van der Waals surface area contributed by atoms with E-state index in [1.807, 2.05) is 56.3 Å². The Morgan fingerprint density at radius 2 is 1.83 bits per heavy atom. The van der Waals surface area contributed by atoms with E-state index in [9.17, 15) is 19.8 Å². The maximum absolute atomic E-state index is 13.2. The first-order valence-corrected chi connectivity index (χ1v) is 12.4. The second-order valence-corrected chi connectivity index (χ2v) is 10.5. The van der Waals surface area contributed by atoms with E-state index in [0.29, 0.717) is 12.8 Å². The second-order valence-electron chi connectivity index (χ2n) is 10.5. The number of carbonyl (C=O) groups is 2. The minimum absolute atomic E-state index is 0.125. The summed E-state index contributed by atoms with van der Waals surface area (Å²) < 4.78 is 0. The van der Waals surface area contributed by atoms with Gasteiger partial charge in [-0.3, -0.25) is 14.6 Å². The first-order valence-electron chi connectivity index (χ1n) is 12.4. The number of aromatic nitrogens is 1. The van der Waals surface area contributed by atoms with Gasteiger partial charge in [0.25, 0.3) is 0 Å². The Balaban J connectivity index is 1.95.